The summed E-state index contributed by atoms with van der Waals surface area (Å²) in [5.41, 5.74) is 2.96. The van der Waals surface area contributed by atoms with Gasteiger partial charge in [0.15, 0.2) is 5.43 Å². The first-order chi connectivity index (χ1) is 16.2. The van der Waals surface area contributed by atoms with Crippen LogP contribution in [0.4, 0.5) is 5.88 Å². The molecule has 4 aromatic rings. The predicted octanol–water partition coefficient (Wildman–Crippen LogP) is 4.89. The number of benzene rings is 2. The average molecular weight is 456 g/mol. The van der Waals surface area contributed by atoms with Crippen LogP contribution in [0, 0.1) is 32.1 Å². The molecule has 2 heterocycles. The number of rotatable bonds is 4. The van der Waals surface area contributed by atoms with E-state index in [-0.39, 0.29) is 33.8 Å². The Labute approximate surface area is 194 Å². The van der Waals surface area contributed by atoms with E-state index < -0.39 is 11.9 Å². The quantitative estimate of drug-likeness (QED) is 0.434. The molecule has 0 fully saturated rings. The minimum absolute atomic E-state index is 0.0348. The van der Waals surface area contributed by atoms with E-state index in [1.165, 1.54) is 20.1 Å². The van der Waals surface area contributed by atoms with Gasteiger partial charge < -0.3 is 13.6 Å². The van der Waals surface area contributed by atoms with Crippen molar-refractivity contribution in [1.29, 1.82) is 5.26 Å². The number of hydrogen-bond acceptors (Lipinski definition) is 7. The van der Waals surface area contributed by atoms with Crippen molar-refractivity contribution in [3.05, 3.63) is 86.3 Å². The lowest BCUT2D eigenvalue weighted by atomic mass is 10.1. The molecule has 2 aromatic carbocycles. The van der Waals surface area contributed by atoms with Crippen LogP contribution in [0.2, 0.25) is 0 Å². The molecule has 0 saturated carbocycles. The standard InChI is InChI=1S/C26H20N2O6/c1-13-9-14(2)23-18(10-13)20(29)11-21(34-23)16-5-7-17(8-6-16)24(30)28-25-19(12-27)22(15(3)33-25)26(31)32-4/h5-11H,1-4H3,(H,28,30). The number of carbonyl (C=O) groups excluding carboxylic acids is 2. The molecule has 34 heavy (non-hydrogen) atoms. The summed E-state index contributed by atoms with van der Waals surface area (Å²) in [7, 11) is 1.19. The molecule has 0 spiro atoms. The second kappa shape index (κ2) is 8.71. The third kappa shape index (κ3) is 3.95. The van der Waals surface area contributed by atoms with Crippen LogP contribution in [0.1, 0.15) is 43.2 Å². The molecule has 0 saturated heterocycles. The Morgan fingerprint density at radius 3 is 2.38 bits per heavy atom. The van der Waals surface area contributed by atoms with Gasteiger partial charge in [-0.25, -0.2) is 4.79 Å². The van der Waals surface area contributed by atoms with Gasteiger partial charge in [0.2, 0.25) is 5.88 Å². The van der Waals surface area contributed by atoms with Gasteiger partial charge in [-0.15, -0.1) is 0 Å². The third-order valence-corrected chi connectivity index (χ3v) is 5.40. The number of ether oxygens (including phenoxy) is 1. The Morgan fingerprint density at radius 2 is 1.74 bits per heavy atom. The van der Waals surface area contributed by atoms with Crippen LogP contribution in [0.5, 0.6) is 0 Å². The molecule has 0 bridgehead atoms. The highest BCUT2D eigenvalue weighted by atomic mass is 16.5. The average Bonchev–Trinajstić information content (AvgIpc) is 3.13. The van der Waals surface area contributed by atoms with E-state index in [2.05, 4.69) is 10.1 Å². The Kier molecular flexibility index (Phi) is 5.78. The summed E-state index contributed by atoms with van der Waals surface area (Å²) in [6.45, 7) is 5.30. The van der Waals surface area contributed by atoms with Crippen molar-refractivity contribution in [2.24, 2.45) is 0 Å². The van der Waals surface area contributed by atoms with E-state index in [9.17, 15) is 19.6 Å². The first kappa shape index (κ1) is 22.6. The van der Waals surface area contributed by atoms with Crippen molar-refractivity contribution in [2.75, 3.05) is 12.4 Å². The lowest BCUT2D eigenvalue weighted by molar-refractivity contribution is 0.0598. The van der Waals surface area contributed by atoms with E-state index >= 15 is 0 Å². The first-order valence-corrected chi connectivity index (χ1v) is 10.3. The predicted molar refractivity (Wildman–Crippen MR) is 125 cm³/mol. The highest BCUT2D eigenvalue weighted by Crippen LogP contribution is 2.28. The van der Waals surface area contributed by atoms with Gasteiger partial charge >= 0.3 is 5.97 Å². The second-order valence-electron chi connectivity index (χ2n) is 7.81. The molecule has 0 atom stereocenters. The smallest absolute Gasteiger partial charge is 0.342 e. The molecule has 2 aromatic heterocycles. The summed E-state index contributed by atoms with van der Waals surface area (Å²) >= 11 is 0. The van der Waals surface area contributed by atoms with E-state index in [1.54, 1.807) is 30.3 Å². The molecule has 0 radical (unpaired) electrons. The van der Waals surface area contributed by atoms with Crippen molar-refractivity contribution in [3.63, 3.8) is 0 Å². The summed E-state index contributed by atoms with van der Waals surface area (Å²) in [5, 5.41) is 12.5. The fourth-order valence-corrected chi connectivity index (χ4v) is 3.80. The minimum atomic E-state index is -0.732. The van der Waals surface area contributed by atoms with Crippen molar-refractivity contribution in [3.8, 4) is 17.4 Å². The molecule has 4 rings (SSSR count). The van der Waals surface area contributed by atoms with Gasteiger partial charge in [-0.3, -0.25) is 14.9 Å². The van der Waals surface area contributed by atoms with Crippen molar-refractivity contribution >= 4 is 28.7 Å². The van der Waals surface area contributed by atoms with E-state index in [1.807, 2.05) is 26.0 Å². The van der Waals surface area contributed by atoms with Gasteiger partial charge in [-0.2, -0.15) is 5.26 Å². The van der Waals surface area contributed by atoms with Crippen molar-refractivity contribution < 1.29 is 23.2 Å². The molecule has 1 amide bonds. The Hall–Kier alpha value is -4.64. The fourth-order valence-electron chi connectivity index (χ4n) is 3.80. The van der Waals surface area contributed by atoms with Crippen LogP contribution >= 0.6 is 0 Å². The number of carbonyl (C=O) groups is 2. The van der Waals surface area contributed by atoms with E-state index in [0.717, 1.165) is 11.1 Å². The number of nitrogens with zero attached hydrogens (tertiary/aromatic N) is 1. The Morgan fingerprint density at radius 1 is 1.03 bits per heavy atom. The van der Waals surface area contributed by atoms with Crippen LogP contribution in [-0.2, 0) is 4.74 Å². The molecule has 0 aliphatic heterocycles. The topological polar surface area (TPSA) is 123 Å². The van der Waals surface area contributed by atoms with Crippen molar-refractivity contribution in [2.45, 2.75) is 20.8 Å². The van der Waals surface area contributed by atoms with Gasteiger partial charge in [-0.05, 0) is 50.1 Å². The number of amides is 1. The number of furan rings is 1. The van der Waals surface area contributed by atoms with E-state index in [0.29, 0.717) is 22.3 Å². The number of nitrogens with one attached hydrogen (secondary N) is 1. The first-order valence-electron chi connectivity index (χ1n) is 10.3. The molecule has 0 aliphatic rings. The molecule has 1 N–H and O–H groups in total. The molecule has 8 nitrogen and oxygen atoms in total. The van der Waals surface area contributed by atoms with Gasteiger partial charge in [0.25, 0.3) is 5.91 Å². The van der Waals surface area contributed by atoms with Gasteiger partial charge in [0.05, 0.1) is 12.5 Å². The highest BCUT2D eigenvalue weighted by Gasteiger charge is 2.25. The minimum Gasteiger partial charge on any atom is -0.465 e. The number of methoxy groups -OCH3 is 1. The zero-order valence-corrected chi connectivity index (χ0v) is 18.9. The van der Waals surface area contributed by atoms with E-state index in [4.69, 9.17) is 8.83 Å². The molecular formula is C26H20N2O6. The van der Waals surface area contributed by atoms with Gasteiger partial charge in [-0.1, -0.05) is 18.2 Å². The summed E-state index contributed by atoms with van der Waals surface area (Å²) in [6.07, 6.45) is 0. The van der Waals surface area contributed by atoms with Crippen LogP contribution in [0.25, 0.3) is 22.3 Å². The molecule has 170 valence electrons. The number of esters is 1. The van der Waals surface area contributed by atoms with Crippen LogP contribution in [-0.4, -0.2) is 19.0 Å². The van der Waals surface area contributed by atoms with Crippen LogP contribution in [0.3, 0.4) is 0 Å². The Balaban J connectivity index is 1.63. The zero-order valence-electron chi connectivity index (χ0n) is 18.9. The van der Waals surface area contributed by atoms with Gasteiger partial charge in [0, 0.05) is 17.2 Å². The maximum atomic E-state index is 12.7. The summed E-state index contributed by atoms with van der Waals surface area (Å²) in [6, 6.07) is 13.4. The fraction of sp³-hybridized carbons (Fsp3) is 0.154. The van der Waals surface area contributed by atoms with Gasteiger partial charge in [0.1, 0.15) is 34.3 Å². The van der Waals surface area contributed by atoms with Crippen LogP contribution in [0.15, 0.2) is 56.1 Å². The molecule has 0 aliphatic carbocycles. The molecular weight excluding hydrogens is 436 g/mol. The maximum Gasteiger partial charge on any atom is 0.342 e. The summed E-state index contributed by atoms with van der Waals surface area (Å²) in [5.74, 6) is -0.872. The Bertz CT molecular complexity index is 1550. The molecule has 8 heteroatoms. The number of hydrogen-bond donors (Lipinski definition) is 1. The number of fused-ring (bicyclic) bond motifs is 1. The maximum absolute atomic E-state index is 12.7. The zero-order chi connectivity index (χ0) is 24.6. The van der Waals surface area contributed by atoms with Crippen molar-refractivity contribution in [1.82, 2.24) is 0 Å². The number of aryl methyl sites for hydroxylation is 3. The normalized spacial score (nSPS) is 10.7. The SMILES string of the molecule is COC(=O)c1c(C)oc(NC(=O)c2ccc(-c3cc(=O)c4cc(C)cc(C)c4o3)cc2)c1C#N. The lowest BCUT2D eigenvalue weighted by Crippen LogP contribution is -2.12. The molecule has 0 unspecified atom stereocenters. The number of nitriles is 1. The lowest BCUT2D eigenvalue weighted by Gasteiger charge is -2.08. The monoisotopic (exact) mass is 456 g/mol. The highest BCUT2D eigenvalue weighted by molar-refractivity contribution is 6.05. The summed E-state index contributed by atoms with van der Waals surface area (Å²) < 4.78 is 16.1. The largest absolute Gasteiger partial charge is 0.465 e. The number of anilines is 1. The van der Waals surface area contributed by atoms with Crippen LogP contribution < -0.4 is 10.7 Å². The summed E-state index contributed by atoms with van der Waals surface area (Å²) in [4.78, 5) is 37.3. The second-order valence-corrected chi connectivity index (χ2v) is 7.81. The third-order valence-electron chi connectivity index (χ3n) is 5.40.